The van der Waals surface area contributed by atoms with E-state index < -0.39 is 23.6 Å². The molecule has 1 aromatic carbocycles. The van der Waals surface area contributed by atoms with Gasteiger partial charge >= 0.3 is 12.1 Å². The minimum absolute atomic E-state index is 0.140. The molecule has 0 spiro atoms. The molecule has 1 aromatic rings. The third-order valence-corrected chi connectivity index (χ3v) is 3.03. The van der Waals surface area contributed by atoms with Gasteiger partial charge in [-0.25, -0.2) is 4.79 Å². The predicted octanol–water partition coefficient (Wildman–Crippen LogP) is 3.52. The first-order chi connectivity index (χ1) is 8.68. The molecule has 0 aliphatic carbocycles. The van der Waals surface area contributed by atoms with E-state index in [-0.39, 0.29) is 16.5 Å². The third kappa shape index (κ3) is 3.61. The first kappa shape index (κ1) is 15.8. The highest BCUT2D eigenvalue weighted by molar-refractivity contribution is 6.31. The van der Waals surface area contributed by atoms with E-state index in [1.807, 2.05) is 0 Å². The largest absolute Gasteiger partial charge is 0.416 e. The maximum absolute atomic E-state index is 12.5. The third-order valence-electron chi connectivity index (χ3n) is 2.70. The quantitative estimate of drug-likeness (QED) is 0.868. The van der Waals surface area contributed by atoms with Crippen LogP contribution in [0.3, 0.4) is 0 Å². The minimum atomic E-state index is -4.48. The van der Waals surface area contributed by atoms with Gasteiger partial charge in [0.25, 0.3) is 0 Å². The van der Waals surface area contributed by atoms with Crippen LogP contribution in [0.4, 0.5) is 13.2 Å². The maximum atomic E-state index is 12.5. The molecule has 0 saturated heterocycles. The highest BCUT2D eigenvalue weighted by Gasteiger charge is 2.33. The summed E-state index contributed by atoms with van der Waals surface area (Å²) in [6.07, 6.45) is -4.48. The zero-order valence-corrected chi connectivity index (χ0v) is 11.0. The lowest BCUT2D eigenvalue weighted by atomic mass is 9.88. The maximum Gasteiger partial charge on any atom is 0.416 e. The van der Waals surface area contributed by atoms with Crippen LogP contribution in [0.5, 0.6) is 0 Å². The summed E-state index contributed by atoms with van der Waals surface area (Å²) in [7, 11) is 0. The predicted molar refractivity (Wildman–Crippen MR) is 64.3 cm³/mol. The average Bonchev–Trinajstić information content (AvgIpc) is 2.29. The molecule has 0 aliphatic heterocycles. The second kappa shape index (κ2) is 5.79. The molecule has 3 nitrogen and oxygen atoms in total. The van der Waals surface area contributed by atoms with Crippen LogP contribution < -0.4 is 5.90 Å². The fraction of sp³-hybridized carbons (Fsp3) is 0.417. The summed E-state index contributed by atoms with van der Waals surface area (Å²) in [5.41, 5.74) is -0.606. The van der Waals surface area contributed by atoms with Gasteiger partial charge in [0, 0.05) is 5.02 Å². The van der Waals surface area contributed by atoms with Crippen LogP contribution in [-0.4, -0.2) is 5.97 Å². The number of carbonyl (C=O) groups excluding carboxylic acids is 1. The SMILES string of the molecule is CC(C)C(C(=O)ON)c1ccc(C(F)(F)F)cc1Cl. The molecule has 0 fully saturated rings. The Morgan fingerprint density at radius 1 is 1.37 bits per heavy atom. The minimum Gasteiger partial charge on any atom is -0.373 e. The monoisotopic (exact) mass is 295 g/mol. The molecule has 0 saturated carbocycles. The molecular weight excluding hydrogens is 283 g/mol. The molecule has 0 amide bonds. The van der Waals surface area contributed by atoms with Crippen molar-refractivity contribution < 1.29 is 22.8 Å². The molecule has 0 aromatic heterocycles. The van der Waals surface area contributed by atoms with Crippen molar-refractivity contribution in [3.8, 4) is 0 Å². The van der Waals surface area contributed by atoms with Crippen molar-refractivity contribution >= 4 is 17.6 Å². The van der Waals surface area contributed by atoms with E-state index in [1.165, 1.54) is 6.07 Å². The number of nitrogens with two attached hydrogens (primary N) is 1. The number of hydrogen-bond donors (Lipinski definition) is 1. The standard InChI is InChI=1S/C12H13ClF3NO2/c1-6(2)10(11(18)19-17)8-4-3-7(5-9(8)13)12(14,15)16/h3-6,10H,17H2,1-2H3. The summed E-state index contributed by atoms with van der Waals surface area (Å²) in [4.78, 5) is 15.7. The van der Waals surface area contributed by atoms with Crippen LogP contribution >= 0.6 is 11.6 Å². The summed E-state index contributed by atoms with van der Waals surface area (Å²) < 4.78 is 37.5. The molecule has 0 radical (unpaired) electrons. The Balaban J connectivity index is 3.24. The molecular formula is C12H13ClF3NO2. The van der Waals surface area contributed by atoms with Crippen molar-refractivity contribution in [3.63, 3.8) is 0 Å². The first-order valence-electron chi connectivity index (χ1n) is 5.45. The first-order valence-corrected chi connectivity index (χ1v) is 5.83. The Hall–Kier alpha value is -1.27. The summed E-state index contributed by atoms with van der Waals surface area (Å²) in [5, 5.41) is -0.140. The number of rotatable bonds is 3. The van der Waals surface area contributed by atoms with Crippen molar-refractivity contribution in [1.82, 2.24) is 0 Å². The molecule has 1 atom stereocenters. The topological polar surface area (TPSA) is 52.3 Å². The fourth-order valence-corrected chi connectivity index (χ4v) is 2.09. The smallest absolute Gasteiger partial charge is 0.373 e. The van der Waals surface area contributed by atoms with Crippen LogP contribution in [0.15, 0.2) is 18.2 Å². The van der Waals surface area contributed by atoms with E-state index in [9.17, 15) is 18.0 Å². The lowest BCUT2D eigenvalue weighted by Gasteiger charge is -2.20. The number of benzene rings is 1. The Bertz CT molecular complexity index is 475. The number of carbonyl (C=O) groups is 1. The molecule has 19 heavy (non-hydrogen) atoms. The van der Waals surface area contributed by atoms with E-state index >= 15 is 0 Å². The number of alkyl halides is 3. The highest BCUT2D eigenvalue weighted by Crippen LogP contribution is 2.36. The Morgan fingerprint density at radius 2 is 1.95 bits per heavy atom. The van der Waals surface area contributed by atoms with Gasteiger partial charge in [-0.05, 0) is 23.6 Å². The lowest BCUT2D eigenvalue weighted by Crippen LogP contribution is -2.24. The van der Waals surface area contributed by atoms with Crippen molar-refractivity contribution in [1.29, 1.82) is 0 Å². The molecule has 0 bridgehead atoms. The van der Waals surface area contributed by atoms with E-state index in [0.717, 1.165) is 12.1 Å². The van der Waals surface area contributed by atoms with Crippen LogP contribution in [0.1, 0.15) is 30.9 Å². The zero-order chi connectivity index (χ0) is 14.8. The van der Waals surface area contributed by atoms with Gasteiger partial charge in [-0.3, -0.25) is 0 Å². The normalized spacial score (nSPS) is 13.5. The van der Waals surface area contributed by atoms with Crippen LogP contribution in [0.2, 0.25) is 5.02 Å². The van der Waals surface area contributed by atoms with Gasteiger partial charge in [0.2, 0.25) is 0 Å². The van der Waals surface area contributed by atoms with Gasteiger partial charge in [0.15, 0.2) is 0 Å². The summed E-state index contributed by atoms with van der Waals surface area (Å²) in [6.45, 7) is 3.44. The zero-order valence-electron chi connectivity index (χ0n) is 10.3. The molecule has 1 unspecified atom stereocenters. The Morgan fingerprint density at radius 3 is 2.32 bits per heavy atom. The Labute approximate surface area is 113 Å². The second-order valence-corrected chi connectivity index (χ2v) is 4.80. The van der Waals surface area contributed by atoms with Gasteiger partial charge in [-0.15, -0.1) is 0 Å². The van der Waals surface area contributed by atoms with Crippen molar-refractivity contribution in [2.45, 2.75) is 25.9 Å². The van der Waals surface area contributed by atoms with Crippen LogP contribution in [-0.2, 0) is 15.8 Å². The highest BCUT2D eigenvalue weighted by atomic mass is 35.5. The Kier molecular flexibility index (Phi) is 4.81. The fourth-order valence-electron chi connectivity index (χ4n) is 1.79. The average molecular weight is 296 g/mol. The molecule has 0 aliphatic rings. The van der Waals surface area contributed by atoms with Gasteiger partial charge < -0.3 is 4.84 Å². The number of halogens is 4. The molecule has 7 heteroatoms. The van der Waals surface area contributed by atoms with Gasteiger partial charge in [0.1, 0.15) is 0 Å². The van der Waals surface area contributed by atoms with E-state index in [1.54, 1.807) is 13.8 Å². The lowest BCUT2D eigenvalue weighted by molar-refractivity contribution is -0.147. The van der Waals surface area contributed by atoms with Crippen LogP contribution in [0.25, 0.3) is 0 Å². The van der Waals surface area contributed by atoms with E-state index in [0.29, 0.717) is 0 Å². The molecule has 2 N–H and O–H groups in total. The summed E-state index contributed by atoms with van der Waals surface area (Å²) in [5.74, 6) is 3.06. The van der Waals surface area contributed by atoms with E-state index in [4.69, 9.17) is 17.5 Å². The molecule has 106 valence electrons. The second-order valence-electron chi connectivity index (χ2n) is 4.39. The van der Waals surface area contributed by atoms with Gasteiger partial charge in [-0.1, -0.05) is 31.5 Å². The summed E-state index contributed by atoms with van der Waals surface area (Å²) >= 11 is 5.83. The van der Waals surface area contributed by atoms with Gasteiger partial charge in [0.05, 0.1) is 11.5 Å². The molecule has 0 heterocycles. The van der Waals surface area contributed by atoms with Crippen molar-refractivity contribution in [2.24, 2.45) is 11.8 Å². The summed E-state index contributed by atoms with van der Waals surface area (Å²) in [6, 6.07) is 2.84. The van der Waals surface area contributed by atoms with Gasteiger partial charge in [-0.2, -0.15) is 19.1 Å². The van der Waals surface area contributed by atoms with E-state index in [2.05, 4.69) is 4.84 Å². The van der Waals surface area contributed by atoms with Crippen LogP contribution in [0, 0.1) is 5.92 Å². The number of hydrogen-bond acceptors (Lipinski definition) is 3. The van der Waals surface area contributed by atoms with Crippen molar-refractivity contribution in [3.05, 3.63) is 34.3 Å². The van der Waals surface area contributed by atoms with Crippen molar-refractivity contribution in [2.75, 3.05) is 0 Å². The molecule has 1 rings (SSSR count).